The number of nitrogens with two attached hydrogens (primary N) is 1. The van der Waals surface area contributed by atoms with E-state index < -0.39 is 21.5 Å². The van der Waals surface area contributed by atoms with Gasteiger partial charge in [-0.25, -0.2) is 8.42 Å². The number of amides is 1. The van der Waals surface area contributed by atoms with Crippen LogP contribution in [0.5, 0.6) is 0 Å². The Morgan fingerprint density at radius 1 is 1.40 bits per heavy atom. The molecule has 1 amide bonds. The van der Waals surface area contributed by atoms with Gasteiger partial charge >= 0.3 is 0 Å². The van der Waals surface area contributed by atoms with Crippen LogP contribution in [0.15, 0.2) is 29.2 Å². The van der Waals surface area contributed by atoms with Crippen molar-refractivity contribution in [1.29, 1.82) is 0 Å². The minimum atomic E-state index is -3.65. The lowest BCUT2D eigenvalue weighted by atomic mass is 10.1. The van der Waals surface area contributed by atoms with Gasteiger partial charge in [0.25, 0.3) is 5.91 Å². The van der Waals surface area contributed by atoms with E-state index >= 15 is 0 Å². The molecule has 0 spiro atoms. The zero-order valence-corrected chi connectivity index (χ0v) is 12.3. The monoisotopic (exact) mass is 298 g/mol. The number of hydrogen-bond donors (Lipinski definition) is 1. The van der Waals surface area contributed by atoms with Crippen molar-refractivity contribution in [3.8, 4) is 0 Å². The average Bonchev–Trinajstić information content (AvgIpc) is 2.39. The number of benzene rings is 1. The number of carbonyl (C=O) groups is 1. The second-order valence-corrected chi connectivity index (χ2v) is 6.95. The standard InChI is InChI=1S/C13H18N2O4S/c1-10-5-3-4-6-11(10)20(17,18)15-7-8-19-13(2,9-15)12(14)16/h3-6H,7-9H2,1-2H3,(H2,14,16). The SMILES string of the molecule is Cc1ccccc1S(=O)(=O)N1CCOC(C)(C(N)=O)C1. The van der Waals surface area contributed by atoms with E-state index in [2.05, 4.69) is 0 Å². The van der Waals surface area contributed by atoms with E-state index in [1.807, 2.05) is 0 Å². The molecule has 1 saturated heterocycles. The maximum absolute atomic E-state index is 12.6. The first-order chi connectivity index (χ1) is 9.27. The maximum Gasteiger partial charge on any atom is 0.250 e. The van der Waals surface area contributed by atoms with Gasteiger partial charge in [0.05, 0.1) is 18.0 Å². The lowest BCUT2D eigenvalue weighted by molar-refractivity contribution is -0.148. The molecule has 1 unspecified atom stereocenters. The van der Waals surface area contributed by atoms with Crippen molar-refractivity contribution < 1.29 is 17.9 Å². The van der Waals surface area contributed by atoms with Gasteiger partial charge in [0.15, 0.2) is 5.60 Å². The molecule has 1 atom stereocenters. The van der Waals surface area contributed by atoms with Crippen LogP contribution in [0, 0.1) is 6.92 Å². The number of carbonyl (C=O) groups excluding carboxylic acids is 1. The maximum atomic E-state index is 12.6. The van der Waals surface area contributed by atoms with Gasteiger partial charge in [-0.05, 0) is 25.5 Å². The van der Waals surface area contributed by atoms with E-state index in [0.29, 0.717) is 5.56 Å². The van der Waals surface area contributed by atoms with Crippen LogP contribution in [-0.2, 0) is 19.6 Å². The Morgan fingerprint density at radius 3 is 2.65 bits per heavy atom. The second-order valence-electron chi connectivity index (χ2n) is 5.05. The Bertz CT molecular complexity index is 629. The predicted molar refractivity (Wildman–Crippen MR) is 73.5 cm³/mol. The molecule has 1 aromatic carbocycles. The summed E-state index contributed by atoms with van der Waals surface area (Å²) in [5, 5.41) is 0. The summed E-state index contributed by atoms with van der Waals surface area (Å²) >= 11 is 0. The van der Waals surface area contributed by atoms with Crippen molar-refractivity contribution in [3.05, 3.63) is 29.8 Å². The van der Waals surface area contributed by atoms with E-state index in [4.69, 9.17) is 10.5 Å². The molecule has 2 rings (SSSR count). The van der Waals surface area contributed by atoms with Gasteiger partial charge in [-0.2, -0.15) is 4.31 Å². The zero-order chi connectivity index (χ0) is 15.0. The highest BCUT2D eigenvalue weighted by atomic mass is 32.2. The zero-order valence-electron chi connectivity index (χ0n) is 11.5. The molecule has 1 heterocycles. The van der Waals surface area contributed by atoms with Gasteiger partial charge in [-0.15, -0.1) is 0 Å². The number of morpholine rings is 1. The molecule has 110 valence electrons. The van der Waals surface area contributed by atoms with Crippen molar-refractivity contribution in [2.45, 2.75) is 24.3 Å². The lowest BCUT2D eigenvalue weighted by Crippen LogP contribution is -2.58. The van der Waals surface area contributed by atoms with E-state index in [1.54, 1.807) is 31.2 Å². The highest BCUT2D eigenvalue weighted by Gasteiger charge is 2.42. The average molecular weight is 298 g/mol. The summed E-state index contributed by atoms with van der Waals surface area (Å²) in [6.07, 6.45) is 0. The summed E-state index contributed by atoms with van der Waals surface area (Å²) in [5.41, 5.74) is 4.67. The fourth-order valence-electron chi connectivity index (χ4n) is 2.17. The molecule has 0 aromatic heterocycles. The highest BCUT2D eigenvalue weighted by Crippen LogP contribution is 2.25. The first-order valence-corrected chi connectivity index (χ1v) is 7.71. The van der Waals surface area contributed by atoms with Crippen molar-refractivity contribution >= 4 is 15.9 Å². The summed E-state index contributed by atoms with van der Waals surface area (Å²) < 4.78 is 31.9. The molecular weight excluding hydrogens is 280 g/mol. The fraction of sp³-hybridized carbons (Fsp3) is 0.462. The van der Waals surface area contributed by atoms with Crippen LogP contribution >= 0.6 is 0 Å². The minimum absolute atomic E-state index is 0.0704. The topological polar surface area (TPSA) is 89.7 Å². The number of sulfonamides is 1. The van der Waals surface area contributed by atoms with Crippen molar-refractivity contribution in [2.24, 2.45) is 5.73 Å². The van der Waals surface area contributed by atoms with Crippen molar-refractivity contribution in [1.82, 2.24) is 4.31 Å². The van der Waals surface area contributed by atoms with Gasteiger partial charge in [0, 0.05) is 6.54 Å². The third-order valence-electron chi connectivity index (χ3n) is 3.47. The largest absolute Gasteiger partial charge is 0.367 e. The molecule has 6 nitrogen and oxygen atoms in total. The first kappa shape index (κ1) is 15.0. The number of ether oxygens (including phenoxy) is 1. The second kappa shape index (κ2) is 5.16. The first-order valence-electron chi connectivity index (χ1n) is 6.27. The van der Waals surface area contributed by atoms with E-state index in [1.165, 1.54) is 11.2 Å². The van der Waals surface area contributed by atoms with Gasteiger partial charge in [0.2, 0.25) is 10.0 Å². The minimum Gasteiger partial charge on any atom is -0.367 e. The molecule has 20 heavy (non-hydrogen) atoms. The normalized spacial score (nSPS) is 24.5. The molecule has 2 N–H and O–H groups in total. The third-order valence-corrected chi connectivity index (χ3v) is 5.48. The molecule has 0 radical (unpaired) electrons. The summed E-state index contributed by atoms with van der Waals surface area (Å²) in [4.78, 5) is 11.7. The Morgan fingerprint density at radius 2 is 2.05 bits per heavy atom. The van der Waals surface area contributed by atoms with E-state index in [0.717, 1.165) is 0 Å². The number of primary amides is 1. The Hall–Kier alpha value is -1.44. The smallest absolute Gasteiger partial charge is 0.250 e. The quantitative estimate of drug-likeness (QED) is 0.866. The summed E-state index contributed by atoms with van der Waals surface area (Å²) in [6, 6.07) is 6.75. The molecule has 0 aliphatic carbocycles. The Balaban J connectivity index is 2.36. The molecular formula is C13H18N2O4S. The van der Waals surface area contributed by atoms with Gasteiger partial charge in [0.1, 0.15) is 0 Å². The van der Waals surface area contributed by atoms with E-state index in [-0.39, 0.29) is 24.6 Å². The molecule has 1 aliphatic rings. The van der Waals surface area contributed by atoms with Crippen LogP contribution in [0.2, 0.25) is 0 Å². The van der Waals surface area contributed by atoms with Crippen molar-refractivity contribution in [2.75, 3.05) is 19.7 Å². The third kappa shape index (κ3) is 2.56. The highest BCUT2D eigenvalue weighted by molar-refractivity contribution is 7.89. The van der Waals surface area contributed by atoms with Crippen LogP contribution < -0.4 is 5.73 Å². The molecule has 1 aliphatic heterocycles. The summed E-state index contributed by atoms with van der Waals surface area (Å²) in [6.45, 7) is 3.53. The van der Waals surface area contributed by atoms with Crippen molar-refractivity contribution in [3.63, 3.8) is 0 Å². The summed E-state index contributed by atoms with van der Waals surface area (Å²) in [7, 11) is -3.65. The number of rotatable bonds is 3. The molecule has 0 bridgehead atoms. The van der Waals surface area contributed by atoms with Gasteiger partial charge < -0.3 is 10.5 Å². The Labute approximate surface area is 118 Å². The Kier molecular flexibility index (Phi) is 3.86. The van der Waals surface area contributed by atoms with Crippen LogP contribution in [-0.4, -0.2) is 43.9 Å². The molecule has 1 fully saturated rings. The van der Waals surface area contributed by atoms with Gasteiger partial charge in [-0.1, -0.05) is 18.2 Å². The molecule has 1 aromatic rings. The van der Waals surface area contributed by atoms with Crippen LogP contribution in [0.3, 0.4) is 0 Å². The molecule has 0 saturated carbocycles. The predicted octanol–water partition coefficient (Wildman–Crippen LogP) is 0.260. The van der Waals surface area contributed by atoms with Gasteiger partial charge in [-0.3, -0.25) is 4.79 Å². The van der Waals surface area contributed by atoms with Crippen LogP contribution in [0.1, 0.15) is 12.5 Å². The number of aryl methyl sites for hydroxylation is 1. The summed E-state index contributed by atoms with van der Waals surface area (Å²) in [5.74, 6) is -0.665. The number of nitrogens with zero attached hydrogens (tertiary/aromatic N) is 1. The van der Waals surface area contributed by atoms with Crippen LogP contribution in [0.4, 0.5) is 0 Å². The number of hydrogen-bond acceptors (Lipinski definition) is 4. The lowest BCUT2D eigenvalue weighted by Gasteiger charge is -2.37. The van der Waals surface area contributed by atoms with E-state index in [9.17, 15) is 13.2 Å². The fourth-order valence-corrected chi connectivity index (χ4v) is 3.91. The molecule has 7 heteroatoms. The van der Waals surface area contributed by atoms with Crippen LogP contribution in [0.25, 0.3) is 0 Å².